The zero-order valence-electron chi connectivity index (χ0n) is 12.2. The number of β-amino-alcohol motifs (C(OH)–C–C–N with tert-alkyl or cyclic N) is 1. The highest BCUT2D eigenvalue weighted by Gasteiger charge is 2.38. The molecule has 0 radical (unpaired) electrons. The monoisotopic (exact) mass is 278 g/mol. The van der Waals surface area contributed by atoms with E-state index >= 15 is 0 Å². The van der Waals surface area contributed by atoms with Gasteiger partial charge in [-0.25, -0.2) is 0 Å². The number of hydrogen-bond acceptors (Lipinski definition) is 4. The number of carbonyl (C=O) groups is 1. The molecule has 1 unspecified atom stereocenters. The van der Waals surface area contributed by atoms with Gasteiger partial charge in [-0.05, 0) is 31.5 Å². The second kappa shape index (κ2) is 5.81. The lowest BCUT2D eigenvalue weighted by molar-refractivity contribution is -0.136. The van der Waals surface area contributed by atoms with Crippen LogP contribution in [0, 0.1) is 0 Å². The smallest absolute Gasteiger partial charge is 0.240 e. The molecule has 1 saturated heterocycles. The molecule has 0 aromatic heterocycles. The minimum atomic E-state index is -0.643. The molecule has 0 bridgehead atoms. The van der Waals surface area contributed by atoms with Crippen molar-refractivity contribution < 1.29 is 14.6 Å². The number of hydrogen-bond donors (Lipinski definition) is 2. The quantitative estimate of drug-likeness (QED) is 0.860. The van der Waals surface area contributed by atoms with Crippen LogP contribution in [0.4, 0.5) is 0 Å². The fourth-order valence-electron chi connectivity index (χ4n) is 2.43. The van der Waals surface area contributed by atoms with Crippen molar-refractivity contribution in [1.29, 1.82) is 0 Å². The molecule has 1 aliphatic heterocycles. The van der Waals surface area contributed by atoms with Crippen molar-refractivity contribution in [1.82, 2.24) is 10.2 Å². The second-order valence-electron chi connectivity index (χ2n) is 5.55. The van der Waals surface area contributed by atoms with Crippen molar-refractivity contribution in [2.45, 2.75) is 25.5 Å². The predicted octanol–water partition coefficient (Wildman–Crippen LogP) is 0.939. The van der Waals surface area contributed by atoms with Gasteiger partial charge in [-0.1, -0.05) is 12.1 Å². The maximum atomic E-state index is 11.9. The third kappa shape index (κ3) is 2.94. The van der Waals surface area contributed by atoms with Crippen LogP contribution in [0.2, 0.25) is 0 Å². The Morgan fingerprint density at radius 2 is 2.25 bits per heavy atom. The Balaban J connectivity index is 2.10. The largest absolute Gasteiger partial charge is 0.497 e. The summed E-state index contributed by atoms with van der Waals surface area (Å²) < 4.78 is 5.16. The number of methoxy groups -OCH3 is 1. The van der Waals surface area contributed by atoms with Crippen molar-refractivity contribution in [3.8, 4) is 5.75 Å². The summed E-state index contributed by atoms with van der Waals surface area (Å²) in [6.07, 6.45) is -0.643. The van der Waals surface area contributed by atoms with Gasteiger partial charge < -0.3 is 15.2 Å². The maximum Gasteiger partial charge on any atom is 0.240 e. The molecule has 5 nitrogen and oxygen atoms in total. The van der Waals surface area contributed by atoms with Crippen molar-refractivity contribution in [2.24, 2.45) is 0 Å². The zero-order chi connectivity index (χ0) is 14.8. The lowest BCUT2D eigenvalue weighted by Gasteiger charge is -2.42. The SMILES string of the molecule is COc1cccc(C(O)CN2CCNC(=O)C2(C)C)c1. The molecule has 1 aliphatic rings. The highest BCUT2D eigenvalue weighted by atomic mass is 16.5. The maximum absolute atomic E-state index is 11.9. The molecule has 0 spiro atoms. The van der Waals surface area contributed by atoms with E-state index in [1.54, 1.807) is 7.11 Å². The van der Waals surface area contributed by atoms with Gasteiger partial charge >= 0.3 is 0 Å². The Morgan fingerprint density at radius 3 is 2.95 bits per heavy atom. The summed E-state index contributed by atoms with van der Waals surface area (Å²) in [5.74, 6) is 0.721. The number of nitrogens with zero attached hydrogens (tertiary/aromatic N) is 1. The lowest BCUT2D eigenvalue weighted by Crippen LogP contribution is -2.62. The van der Waals surface area contributed by atoms with Crippen LogP contribution in [0.5, 0.6) is 5.75 Å². The van der Waals surface area contributed by atoms with Crippen LogP contribution in [-0.2, 0) is 4.79 Å². The normalized spacial score (nSPS) is 20.3. The van der Waals surface area contributed by atoms with Crippen LogP contribution in [0.3, 0.4) is 0 Å². The van der Waals surface area contributed by atoms with Gasteiger partial charge in [0, 0.05) is 19.6 Å². The third-order valence-corrected chi connectivity index (χ3v) is 3.89. The third-order valence-electron chi connectivity index (χ3n) is 3.89. The summed E-state index contributed by atoms with van der Waals surface area (Å²) in [7, 11) is 1.60. The summed E-state index contributed by atoms with van der Waals surface area (Å²) in [6, 6.07) is 7.38. The molecule has 2 N–H and O–H groups in total. The van der Waals surface area contributed by atoms with Gasteiger partial charge in [0.15, 0.2) is 0 Å². The predicted molar refractivity (Wildman–Crippen MR) is 76.6 cm³/mol. The van der Waals surface area contributed by atoms with E-state index in [0.717, 1.165) is 17.9 Å². The highest BCUT2D eigenvalue weighted by molar-refractivity contribution is 5.86. The Bertz CT molecular complexity index is 488. The van der Waals surface area contributed by atoms with E-state index in [9.17, 15) is 9.90 Å². The topological polar surface area (TPSA) is 61.8 Å². The van der Waals surface area contributed by atoms with Gasteiger partial charge in [-0.3, -0.25) is 9.69 Å². The number of aliphatic hydroxyl groups is 1. The van der Waals surface area contributed by atoms with E-state index in [0.29, 0.717) is 13.1 Å². The van der Waals surface area contributed by atoms with Crippen LogP contribution in [0.25, 0.3) is 0 Å². The zero-order valence-corrected chi connectivity index (χ0v) is 12.2. The first-order chi connectivity index (χ1) is 9.45. The number of carbonyl (C=O) groups excluding carboxylic acids is 1. The minimum absolute atomic E-state index is 0.00147. The molecule has 0 saturated carbocycles. The summed E-state index contributed by atoms with van der Waals surface area (Å²) in [5, 5.41) is 13.2. The van der Waals surface area contributed by atoms with Crippen LogP contribution < -0.4 is 10.1 Å². The molecule has 1 heterocycles. The molecular formula is C15H22N2O3. The lowest BCUT2D eigenvalue weighted by atomic mass is 9.97. The molecule has 5 heteroatoms. The fraction of sp³-hybridized carbons (Fsp3) is 0.533. The summed E-state index contributed by atoms with van der Waals surface area (Å²) >= 11 is 0. The minimum Gasteiger partial charge on any atom is -0.497 e. The van der Waals surface area contributed by atoms with Gasteiger partial charge in [-0.2, -0.15) is 0 Å². The van der Waals surface area contributed by atoms with Crippen molar-refractivity contribution in [3.63, 3.8) is 0 Å². The van der Waals surface area contributed by atoms with Crippen LogP contribution >= 0.6 is 0 Å². The molecule has 0 aliphatic carbocycles. The summed E-state index contributed by atoms with van der Waals surface area (Å²) in [5.41, 5.74) is 0.198. The number of rotatable bonds is 4. The second-order valence-corrected chi connectivity index (χ2v) is 5.55. The van der Waals surface area contributed by atoms with Crippen molar-refractivity contribution in [2.75, 3.05) is 26.7 Å². The molecule has 1 fully saturated rings. The number of ether oxygens (including phenoxy) is 1. The molecule has 20 heavy (non-hydrogen) atoms. The molecule has 2 rings (SSSR count). The standard InChI is InChI=1S/C15H22N2O3/c1-15(2)14(19)16-7-8-17(15)10-13(18)11-5-4-6-12(9-11)20-3/h4-6,9,13,18H,7-8,10H2,1-3H3,(H,16,19). The number of nitrogens with one attached hydrogen (secondary N) is 1. The van der Waals surface area contributed by atoms with Crippen molar-refractivity contribution in [3.05, 3.63) is 29.8 Å². The molecule has 110 valence electrons. The summed E-state index contributed by atoms with van der Waals surface area (Å²) in [6.45, 7) is 5.53. The van der Waals surface area contributed by atoms with E-state index in [2.05, 4.69) is 5.32 Å². The first-order valence-electron chi connectivity index (χ1n) is 6.80. The number of benzene rings is 1. The average molecular weight is 278 g/mol. The highest BCUT2D eigenvalue weighted by Crippen LogP contribution is 2.24. The molecule has 1 aromatic rings. The Hall–Kier alpha value is -1.59. The molecule has 1 aromatic carbocycles. The van der Waals surface area contributed by atoms with Crippen molar-refractivity contribution >= 4 is 5.91 Å². The molecular weight excluding hydrogens is 256 g/mol. The number of aliphatic hydroxyl groups excluding tert-OH is 1. The Labute approximate surface area is 119 Å². The summed E-state index contributed by atoms with van der Waals surface area (Å²) in [4.78, 5) is 13.9. The fourth-order valence-corrected chi connectivity index (χ4v) is 2.43. The van der Waals surface area contributed by atoms with E-state index in [1.807, 2.05) is 43.0 Å². The van der Waals surface area contributed by atoms with Crippen LogP contribution in [0.15, 0.2) is 24.3 Å². The van der Waals surface area contributed by atoms with Gasteiger partial charge in [0.05, 0.1) is 18.8 Å². The number of piperazine rings is 1. The number of amides is 1. The van der Waals surface area contributed by atoms with Gasteiger partial charge in [-0.15, -0.1) is 0 Å². The van der Waals surface area contributed by atoms with Crippen LogP contribution in [-0.4, -0.2) is 48.2 Å². The van der Waals surface area contributed by atoms with Gasteiger partial charge in [0.1, 0.15) is 5.75 Å². The van der Waals surface area contributed by atoms with Crippen LogP contribution in [0.1, 0.15) is 25.5 Å². The first-order valence-corrected chi connectivity index (χ1v) is 6.80. The van der Waals surface area contributed by atoms with Gasteiger partial charge in [0.2, 0.25) is 5.91 Å². The average Bonchev–Trinajstić information content (AvgIpc) is 2.44. The van der Waals surface area contributed by atoms with E-state index in [-0.39, 0.29) is 5.91 Å². The Morgan fingerprint density at radius 1 is 1.50 bits per heavy atom. The first kappa shape index (κ1) is 14.8. The van der Waals surface area contributed by atoms with E-state index < -0.39 is 11.6 Å². The van der Waals surface area contributed by atoms with E-state index in [1.165, 1.54) is 0 Å². The Kier molecular flexibility index (Phi) is 4.30. The van der Waals surface area contributed by atoms with Gasteiger partial charge in [0.25, 0.3) is 0 Å². The molecule has 1 atom stereocenters. The molecule has 1 amide bonds. The van der Waals surface area contributed by atoms with E-state index in [4.69, 9.17) is 4.74 Å².